The molecule has 0 bridgehead atoms. The van der Waals surface area contributed by atoms with E-state index in [0.717, 1.165) is 11.3 Å². The van der Waals surface area contributed by atoms with Crippen LogP contribution in [-0.4, -0.2) is 13.0 Å². The lowest BCUT2D eigenvalue weighted by molar-refractivity contribution is 0.0994. The smallest absolute Gasteiger partial charge is 0.262 e. The highest BCUT2D eigenvalue weighted by molar-refractivity contribution is 6.11. The predicted molar refractivity (Wildman–Crippen MR) is 69.9 cm³/mol. The summed E-state index contributed by atoms with van der Waals surface area (Å²) in [5.74, 6) is 0.657. The van der Waals surface area contributed by atoms with E-state index in [9.17, 15) is 4.79 Å². The molecule has 0 unspecified atom stereocenters. The summed E-state index contributed by atoms with van der Waals surface area (Å²) in [6.07, 6.45) is 0. The van der Waals surface area contributed by atoms with E-state index in [1.54, 1.807) is 12.0 Å². The van der Waals surface area contributed by atoms with Crippen LogP contribution in [-0.2, 0) is 6.54 Å². The molecule has 0 saturated carbocycles. The highest BCUT2D eigenvalue weighted by Crippen LogP contribution is 2.33. The maximum absolute atomic E-state index is 12.4. The van der Waals surface area contributed by atoms with Crippen molar-refractivity contribution >= 4 is 11.6 Å². The van der Waals surface area contributed by atoms with Gasteiger partial charge in [0.25, 0.3) is 5.91 Å². The molecule has 1 aliphatic rings. The van der Waals surface area contributed by atoms with E-state index < -0.39 is 0 Å². The first kappa shape index (κ1) is 10.8. The van der Waals surface area contributed by atoms with Crippen LogP contribution in [0.4, 0.5) is 5.69 Å². The van der Waals surface area contributed by atoms with Gasteiger partial charge >= 0.3 is 0 Å². The normalized spacial score (nSPS) is 13.6. The molecule has 2 aromatic carbocycles. The highest BCUT2D eigenvalue weighted by Gasteiger charge is 2.31. The Morgan fingerprint density at radius 2 is 1.83 bits per heavy atom. The minimum Gasteiger partial charge on any atom is -0.496 e. The summed E-state index contributed by atoms with van der Waals surface area (Å²) in [7, 11) is 1.59. The molecular formula is C15H13NO2. The average molecular weight is 239 g/mol. The zero-order chi connectivity index (χ0) is 12.5. The lowest BCUT2D eigenvalue weighted by Gasteiger charge is -2.15. The third-order valence-electron chi connectivity index (χ3n) is 3.19. The quantitative estimate of drug-likeness (QED) is 0.806. The van der Waals surface area contributed by atoms with E-state index in [-0.39, 0.29) is 5.91 Å². The van der Waals surface area contributed by atoms with Crippen molar-refractivity contribution in [3.05, 3.63) is 59.7 Å². The first-order valence-corrected chi connectivity index (χ1v) is 5.84. The van der Waals surface area contributed by atoms with E-state index in [4.69, 9.17) is 4.74 Å². The first-order valence-electron chi connectivity index (χ1n) is 5.84. The fraction of sp³-hybridized carbons (Fsp3) is 0.133. The Morgan fingerprint density at radius 3 is 2.56 bits per heavy atom. The molecule has 2 aromatic rings. The number of rotatable bonds is 2. The van der Waals surface area contributed by atoms with E-state index in [1.165, 1.54) is 0 Å². The number of amides is 1. The zero-order valence-corrected chi connectivity index (χ0v) is 10.1. The molecule has 0 aliphatic carbocycles. The van der Waals surface area contributed by atoms with Crippen molar-refractivity contribution in [2.24, 2.45) is 0 Å². The third kappa shape index (κ3) is 1.56. The Hall–Kier alpha value is -2.29. The molecule has 0 N–H and O–H groups in total. The molecule has 0 saturated heterocycles. The van der Waals surface area contributed by atoms with Crippen LogP contribution in [0.5, 0.6) is 5.75 Å². The van der Waals surface area contributed by atoms with Crippen LogP contribution in [0.3, 0.4) is 0 Å². The minimum absolute atomic E-state index is 0.00801. The van der Waals surface area contributed by atoms with Crippen LogP contribution in [0.25, 0.3) is 0 Å². The fourth-order valence-electron chi connectivity index (χ4n) is 2.31. The highest BCUT2D eigenvalue weighted by atomic mass is 16.5. The van der Waals surface area contributed by atoms with Crippen LogP contribution in [0.2, 0.25) is 0 Å². The van der Waals surface area contributed by atoms with Gasteiger partial charge in [0.1, 0.15) is 5.75 Å². The van der Waals surface area contributed by atoms with Crippen molar-refractivity contribution in [2.45, 2.75) is 6.54 Å². The van der Waals surface area contributed by atoms with E-state index >= 15 is 0 Å². The standard InChI is InChI=1S/C15H13NO2/c1-18-13-9-5-6-11-10-16(15(17)14(11)13)12-7-3-2-4-8-12/h2-9H,10H2,1H3. The molecular weight excluding hydrogens is 226 g/mol. The van der Waals surface area contributed by atoms with Gasteiger partial charge in [0, 0.05) is 5.69 Å². The van der Waals surface area contributed by atoms with Gasteiger partial charge in [0.15, 0.2) is 0 Å². The second-order valence-corrected chi connectivity index (χ2v) is 4.22. The van der Waals surface area contributed by atoms with Gasteiger partial charge in [-0.1, -0.05) is 30.3 Å². The summed E-state index contributed by atoms with van der Waals surface area (Å²) < 4.78 is 5.26. The van der Waals surface area contributed by atoms with E-state index in [2.05, 4.69) is 0 Å². The molecule has 3 nitrogen and oxygen atoms in total. The van der Waals surface area contributed by atoms with Gasteiger partial charge in [0.05, 0.1) is 19.2 Å². The minimum atomic E-state index is 0.00801. The fourth-order valence-corrected chi connectivity index (χ4v) is 2.31. The number of anilines is 1. The third-order valence-corrected chi connectivity index (χ3v) is 3.19. The monoisotopic (exact) mass is 239 g/mol. The Morgan fingerprint density at radius 1 is 1.06 bits per heavy atom. The number of para-hydroxylation sites is 1. The van der Waals surface area contributed by atoms with Crippen molar-refractivity contribution in [3.63, 3.8) is 0 Å². The van der Waals surface area contributed by atoms with Crippen LogP contribution in [0.15, 0.2) is 48.5 Å². The van der Waals surface area contributed by atoms with E-state index in [1.807, 2.05) is 48.5 Å². The van der Waals surface area contributed by atoms with Crippen molar-refractivity contribution in [3.8, 4) is 5.75 Å². The Balaban J connectivity index is 2.05. The maximum atomic E-state index is 12.4. The Bertz CT molecular complexity index is 593. The molecule has 0 fully saturated rings. The summed E-state index contributed by atoms with van der Waals surface area (Å²) in [5.41, 5.74) is 2.62. The summed E-state index contributed by atoms with van der Waals surface area (Å²) in [4.78, 5) is 14.2. The molecule has 18 heavy (non-hydrogen) atoms. The van der Waals surface area contributed by atoms with Crippen LogP contribution in [0.1, 0.15) is 15.9 Å². The number of methoxy groups -OCH3 is 1. The van der Waals surface area contributed by atoms with Gasteiger partial charge in [-0.2, -0.15) is 0 Å². The number of hydrogen-bond acceptors (Lipinski definition) is 2. The lowest BCUT2D eigenvalue weighted by Crippen LogP contribution is -2.23. The number of nitrogens with zero attached hydrogens (tertiary/aromatic N) is 1. The number of carbonyl (C=O) groups is 1. The second-order valence-electron chi connectivity index (χ2n) is 4.22. The van der Waals surface area contributed by atoms with Crippen molar-refractivity contribution in [1.29, 1.82) is 0 Å². The number of carbonyl (C=O) groups excluding carboxylic acids is 1. The summed E-state index contributed by atoms with van der Waals surface area (Å²) in [5, 5.41) is 0. The van der Waals surface area contributed by atoms with Crippen molar-refractivity contribution in [1.82, 2.24) is 0 Å². The maximum Gasteiger partial charge on any atom is 0.262 e. The number of ether oxygens (including phenoxy) is 1. The topological polar surface area (TPSA) is 29.5 Å². The van der Waals surface area contributed by atoms with Crippen LogP contribution >= 0.6 is 0 Å². The van der Waals surface area contributed by atoms with Gasteiger partial charge < -0.3 is 9.64 Å². The summed E-state index contributed by atoms with van der Waals surface area (Å²) >= 11 is 0. The SMILES string of the molecule is COc1cccc2c1C(=O)N(c1ccccc1)C2. The molecule has 0 aromatic heterocycles. The molecule has 1 amide bonds. The predicted octanol–water partition coefficient (Wildman–Crippen LogP) is 2.86. The number of benzene rings is 2. The summed E-state index contributed by atoms with van der Waals surface area (Å²) in [6, 6.07) is 15.4. The molecule has 3 rings (SSSR count). The molecule has 0 spiro atoms. The Labute approximate surface area is 106 Å². The summed E-state index contributed by atoms with van der Waals surface area (Å²) in [6.45, 7) is 0.607. The lowest BCUT2D eigenvalue weighted by atomic mass is 10.1. The molecule has 90 valence electrons. The first-order chi connectivity index (χ1) is 8.81. The van der Waals surface area contributed by atoms with Crippen LogP contribution in [0, 0.1) is 0 Å². The molecule has 1 heterocycles. The van der Waals surface area contributed by atoms with Gasteiger partial charge in [-0.3, -0.25) is 4.79 Å². The van der Waals surface area contributed by atoms with E-state index in [0.29, 0.717) is 17.9 Å². The second kappa shape index (κ2) is 4.18. The van der Waals surface area contributed by atoms with Gasteiger partial charge in [0.2, 0.25) is 0 Å². The van der Waals surface area contributed by atoms with Crippen LogP contribution < -0.4 is 9.64 Å². The van der Waals surface area contributed by atoms with Gasteiger partial charge in [-0.05, 0) is 23.8 Å². The molecule has 1 aliphatic heterocycles. The average Bonchev–Trinajstić information content (AvgIpc) is 2.77. The zero-order valence-electron chi connectivity index (χ0n) is 10.1. The van der Waals surface area contributed by atoms with Crippen molar-refractivity contribution in [2.75, 3.05) is 12.0 Å². The molecule has 0 atom stereocenters. The number of hydrogen-bond donors (Lipinski definition) is 0. The van der Waals surface area contributed by atoms with Gasteiger partial charge in [-0.15, -0.1) is 0 Å². The van der Waals surface area contributed by atoms with Crippen molar-refractivity contribution < 1.29 is 9.53 Å². The number of fused-ring (bicyclic) bond motifs is 1. The molecule has 0 radical (unpaired) electrons. The largest absolute Gasteiger partial charge is 0.496 e. The Kier molecular flexibility index (Phi) is 2.52. The molecule has 3 heteroatoms. The van der Waals surface area contributed by atoms with Gasteiger partial charge in [-0.25, -0.2) is 0 Å².